The number of carbonyl (C=O) groups excluding carboxylic acids is 1. The van der Waals surface area contributed by atoms with Crippen molar-refractivity contribution in [1.82, 2.24) is 4.90 Å². The third-order valence-corrected chi connectivity index (χ3v) is 2.00. The zero-order valence-corrected chi connectivity index (χ0v) is 7.37. The molecule has 1 aliphatic rings. The van der Waals surface area contributed by atoms with Gasteiger partial charge in [0.2, 0.25) is 0 Å². The molecule has 0 aromatic carbocycles. The van der Waals surface area contributed by atoms with Crippen molar-refractivity contribution >= 4 is 5.78 Å². The fraction of sp³-hybridized carbons (Fsp3) is 0.444. The van der Waals surface area contributed by atoms with E-state index in [1.807, 2.05) is 0 Å². The van der Waals surface area contributed by atoms with Gasteiger partial charge < -0.3 is 10.0 Å². The van der Waals surface area contributed by atoms with Gasteiger partial charge in [-0.05, 0) is 0 Å². The molecule has 0 bridgehead atoms. The van der Waals surface area contributed by atoms with Crippen molar-refractivity contribution in [3.8, 4) is 0 Å². The number of carbonyl (C=O) groups is 1. The van der Waals surface area contributed by atoms with Gasteiger partial charge in [-0.15, -0.1) is 0 Å². The predicted octanol–water partition coefficient (Wildman–Crippen LogP) is 0.322. The van der Waals surface area contributed by atoms with Crippen molar-refractivity contribution in [3.05, 3.63) is 24.4 Å². The van der Waals surface area contributed by atoms with Crippen molar-refractivity contribution in [2.75, 3.05) is 14.1 Å². The second kappa shape index (κ2) is 2.75. The first-order valence-electron chi connectivity index (χ1n) is 3.78. The Kier molecular flexibility index (Phi) is 2.06. The molecular formula is C9H13NO2. The molecule has 0 aromatic rings. The zero-order chi connectivity index (χ0) is 9.35. The van der Waals surface area contributed by atoms with Crippen LogP contribution in [0.5, 0.6) is 0 Å². The summed E-state index contributed by atoms with van der Waals surface area (Å²) in [5.41, 5.74) is -0.539. The summed E-state index contributed by atoms with van der Waals surface area (Å²) in [5, 5.41) is 9.85. The molecule has 12 heavy (non-hydrogen) atoms. The highest BCUT2D eigenvalue weighted by Crippen LogP contribution is 2.30. The van der Waals surface area contributed by atoms with E-state index in [1.54, 1.807) is 19.0 Å². The number of likely N-dealkylation sites (N-methyl/N-ethyl adjacent to an activating group) is 1. The van der Waals surface area contributed by atoms with Crippen LogP contribution in [-0.4, -0.2) is 35.5 Å². The molecule has 66 valence electrons. The van der Waals surface area contributed by atoms with E-state index in [0.717, 1.165) is 0 Å². The number of allylic oxidation sites excluding steroid dienone is 1. The normalized spacial score (nSPS) is 28.6. The number of hydrogen-bond acceptors (Lipinski definition) is 3. The van der Waals surface area contributed by atoms with Gasteiger partial charge in [-0.3, -0.25) is 4.79 Å². The van der Waals surface area contributed by atoms with Crippen molar-refractivity contribution < 1.29 is 9.90 Å². The minimum atomic E-state index is -1.15. The first-order valence-corrected chi connectivity index (χ1v) is 3.78. The quantitative estimate of drug-likeness (QED) is 0.602. The van der Waals surface area contributed by atoms with Crippen LogP contribution < -0.4 is 0 Å². The van der Waals surface area contributed by atoms with E-state index >= 15 is 0 Å². The lowest BCUT2D eigenvalue weighted by Crippen LogP contribution is -2.32. The number of aliphatic hydroxyl groups is 1. The van der Waals surface area contributed by atoms with Crippen molar-refractivity contribution in [1.29, 1.82) is 0 Å². The smallest absolute Gasteiger partial charge is 0.161 e. The zero-order valence-electron chi connectivity index (χ0n) is 7.37. The average Bonchev–Trinajstić information content (AvgIpc) is 2.27. The Bertz CT molecular complexity index is 255. The van der Waals surface area contributed by atoms with Crippen molar-refractivity contribution in [3.63, 3.8) is 0 Å². The molecule has 1 N–H and O–H groups in total. The molecule has 1 rings (SSSR count). The van der Waals surface area contributed by atoms with Crippen molar-refractivity contribution in [2.45, 2.75) is 12.0 Å². The van der Waals surface area contributed by atoms with Crippen LogP contribution in [0.25, 0.3) is 0 Å². The van der Waals surface area contributed by atoms with Gasteiger partial charge in [0.25, 0.3) is 0 Å². The Hall–Kier alpha value is -1.09. The topological polar surface area (TPSA) is 40.5 Å². The first-order chi connectivity index (χ1) is 5.49. The van der Waals surface area contributed by atoms with Crippen LogP contribution in [0.2, 0.25) is 0 Å². The number of ketones is 1. The van der Waals surface area contributed by atoms with E-state index in [-0.39, 0.29) is 12.2 Å². The van der Waals surface area contributed by atoms with E-state index in [4.69, 9.17) is 0 Å². The summed E-state index contributed by atoms with van der Waals surface area (Å²) < 4.78 is 0. The van der Waals surface area contributed by atoms with Crippen LogP contribution in [0.15, 0.2) is 24.4 Å². The summed E-state index contributed by atoms with van der Waals surface area (Å²) in [6.07, 6.45) is 2.98. The van der Waals surface area contributed by atoms with Gasteiger partial charge in [-0.25, -0.2) is 0 Å². The minimum absolute atomic E-state index is 0.0545. The van der Waals surface area contributed by atoms with Gasteiger partial charge >= 0.3 is 0 Å². The molecule has 1 unspecified atom stereocenters. The fourth-order valence-electron chi connectivity index (χ4n) is 1.38. The number of hydrogen-bond donors (Lipinski definition) is 1. The van der Waals surface area contributed by atoms with Crippen LogP contribution >= 0.6 is 0 Å². The van der Waals surface area contributed by atoms with E-state index in [9.17, 15) is 9.90 Å². The van der Waals surface area contributed by atoms with E-state index < -0.39 is 5.60 Å². The van der Waals surface area contributed by atoms with E-state index in [2.05, 4.69) is 6.58 Å². The first kappa shape index (κ1) is 9.00. The maximum Gasteiger partial charge on any atom is 0.161 e. The molecule has 0 radical (unpaired) electrons. The standard InChI is InChI=1S/C9H13NO2/c1-4-9(12)6-7(11)5-8(9)10(2)3/h4-5,12H,1,6H2,2-3H3. The SMILES string of the molecule is C=CC1(O)CC(=O)C=C1N(C)C. The van der Waals surface area contributed by atoms with Gasteiger partial charge in [0.1, 0.15) is 5.60 Å². The van der Waals surface area contributed by atoms with E-state index in [1.165, 1.54) is 12.2 Å². The number of rotatable bonds is 2. The second-order valence-electron chi connectivity index (χ2n) is 3.20. The third-order valence-electron chi connectivity index (χ3n) is 2.00. The van der Waals surface area contributed by atoms with Crippen LogP contribution in [0.4, 0.5) is 0 Å². The van der Waals surface area contributed by atoms with Crippen LogP contribution in [0.3, 0.4) is 0 Å². The summed E-state index contributed by atoms with van der Waals surface area (Å²) >= 11 is 0. The molecule has 0 fully saturated rings. The van der Waals surface area contributed by atoms with E-state index in [0.29, 0.717) is 5.70 Å². The lowest BCUT2D eigenvalue weighted by molar-refractivity contribution is -0.115. The molecule has 0 saturated heterocycles. The summed E-state index contributed by atoms with van der Waals surface area (Å²) in [5.74, 6) is -0.0545. The number of nitrogens with zero attached hydrogens (tertiary/aromatic N) is 1. The molecule has 0 saturated carbocycles. The highest BCUT2D eigenvalue weighted by atomic mass is 16.3. The summed E-state index contributed by atoms with van der Waals surface area (Å²) in [4.78, 5) is 12.8. The molecule has 3 heteroatoms. The minimum Gasteiger partial charge on any atom is -0.379 e. The van der Waals surface area contributed by atoms with Gasteiger partial charge in [-0.2, -0.15) is 0 Å². The summed E-state index contributed by atoms with van der Waals surface area (Å²) in [6.45, 7) is 3.51. The molecule has 1 aliphatic carbocycles. The lowest BCUT2D eigenvalue weighted by Gasteiger charge is -2.26. The van der Waals surface area contributed by atoms with Crippen LogP contribution in [0, 0.1) is 0 Å². The Morgan fingerprint density at radius 1 is 1.75 bits per heavy atom. The van der Waals surface area contributed by atoms with Gasteiger partial charge in [-0.1, -0.05) is 12.7 Å². The van der Waals surface area contributed by atoms with Gasteiger partial charge in [0.05, 0.1) is 5.70 Å². The highest BCUT2D eigenvalue weighted by molar-refractivity contribution is 5.95. The van der Waals surface area contributed by atoms with Crippen LogP contribution in [0.1, 0.15) is 6.42 Å². The molecule has 3 nitrogen and oxygen atoms in total. The molecule has 0 spiro atoms. The molecule has 0 heterocycles. The second-order valence-corrected chi connectivity index (χ2v) is 3.20. The summed E-state index contributed by atoms with van der Waals surface area (Å²) in [6, 6.07) is 0. The fourth-order valence-corrected chi connectivity index (χ4v) is 1.38. The summed E-state index contributed by atoms with van der Waals surface area (Å²) in [7, 11) is 3.58. The maximum absolute atomic E-state index is 11.0. The third kappa shape index (κ3) is 1.28. The maximum atomic E-state index is 11.0. The molecule has 0 aliphatic heterocycles. The lowest BCUT2D eigenvalue weighted by atomic mass is 10.0. The highest BCUT2D eigenvalue weighted by Gasteiger charge is 2.37. The predicted molar refractivity (Wildman–Crippen MR) is 46.5 cm³/mol. The Morgan fingerprint density at radius 3 is 2.67 bits per heavy atom. The van der Waals surface area contributed by atoms with Crippen molar-refractivity contribution in [2.24, 2.45) is 0 Å². The Morgan fingerprint density at radius 2 is 2.33 bits per heavy atom. The van der Waals surface area contributed by atoms with Gasteiger partial charge in [0.15, 0.2) is 5.78 Å². The molecule has 0 aromatic heterocycles. The van der Waals surface area contributed by atoms with Gasteiger partial charge in [0, 0.05) is 26.6 Å². The largest absolute Gasteiger partial charge is 0.379 e. The molecule has 0 amide bonds. The average molecular weight is 167 g/mol. The Balaban J connectivity index is 3.02. The Labute approximate surface area is 72.0 Å². The molecular weight excluding hydrogens is 154 g/mol. The van der Waals surface area contributed by atoms with Crippen LogP contribution in [-0.2, 0) is 4.79 Å². The monoisotopic (exact) mass is 167 g/mol. The molecule has 1 atom stereocenters.